The van der Waals surface area contributed by atoms with Gasteiger partial charge in [0, 0.05) is 30.9 Å². The molecule has 0 saturated carbocycles. The third kappa shape index (κ3) is 9.55. The lowest BCUT2D eigenvalue weighted by molar-refractivity contribution is 0.0936. The number of amides is 1. The van der Waals surface area contributed by atoms with Crippen molar-refractivity contribution in [1.82, 2.24) is 25.6 Å². The van der Waals surface area contributed by atoms with Gasteiger partial charge in [0.05, 0.1) is 11.6 Å². The molecule has 0 aliphatic carbocycles. The summed E-state index contributed by atoms with van der Waals surface area (Å²) < 4.78 is 11.9. The number of rotatable bonds is 4. The summed E-state index contributed by atoms with van der Waals surface area (Å²) in [5.74, 6) is 1.59. The van der Waals surface area contributed by atoms with Gasteiger partial charge in [0.15, 0.2) is 0 Å². The van der Waals surface area contributed by atoms with Crippen molar-refractivity contribution < 1.29 is 14.3 Å². The van der Waals surface area contributed by atoms with Gasteiger partial charge in [-0.3, -0.25) is 4.79 Å². The van der Waals surface area contributed by atoms with Gasteiger partial charge in [-0.05, 0) is 77.4 Å². The van der Waals surface area contributed by atoms with Crippen molar-refractivity contribution in [2.24, 2.45) is 5.41 Å². The first-order valence-electron chi connectivity index (χ1n) is 15.6. The van der Waals surface area contributed by atoms with Crippen molar-refractivity contribution >= 4 is 35.1 Å². The Hall–Kier alpha value is -4.41. The molecule has 0 atom stereocenters. The van der Waals surface area contributed by atoms with Crippen LogP contribution in [-0.2, 0) is 13.2 Å². The first-order chi connectivity index (χ1) is 22.1. The average Bonchev–Trinajstić information content (AvgIpc) is 3.04. The van der Waals surface area contributed by atoms with Gasteiger partial charge in [-0.25, -0.2) is 0 Å². The molecule has 1 aromatic heterocycles. The maximum Gasteiger partial charge on any atom is 0.323 e. The van der Waals surface area contributed by atoms with Gasteiger partial charge in [-0.2, -0.15) is 15.0 Å². The van der Waals surface area contributed by atoms with Crippen LogP contribution in [0.2, 0.25) is 5.02 Å². The van der Waals surface area contributed by atoms with Crippen LogP contribution in [0.4, 0.5) is 17.6 Å². The molecule has 242 valence electrons. The Labute approximate surface area is 275 Å². The number of carbonyl (C=O) groups excluding carboxylic acids is 1. The monoisotopic (exact) mass is 643 g/mol. The number of aromatic nitrogens is 3. The summed E-state index contributed by atoms with van der Waals surface area (Å²) in [5, 5.41) is 13.5. The van der Waals surface area contributed by atoms with Crippen molar-refractivity contribution in [1.29, 1.82) is 0 Å². The molecule has 4 aliphatic heterocycles. The lowest BCUT2D eigenvalue weighted by atomic mass is 9.93. The molecule has 0 radical (unpaired) electrons. The van der Waals surface area contributed by atoms with Crippen molar-refractivity contribution in [3.63, 3.8) is 0 Å². The Balaban J connectivity index is 1.37. The summed E-state index contributed by atoms with van der Waals surface area (Å²) in [6.45, 7) is 11.9. The minimum absolute atomic E-state index is 0.131. The Morgan fingerprint density at radius 1 is 0.935 bits per heavy atom. The smallest absolute Gasteiger partial charge is 0.323 e. The fraction of sp³-hybridized carbons (Fsp3) is 0.371. The van der Waals surface area contributed by atoms with E-state index in [0.717, 1.165) is 30.6 Å². The Bertz CT molecular complexity index is 1610. The van der Waals surface area contributed by atoms with Crippen molar-refractivity contribution in [3.05, 3.63) is 94.0 Å². The van der Waals surface area contributed by atoms with Crippen LogP contribution >= 0.6 is 11.6 Å². The van der Waals surface area contributed by atoms with Crippen molar-refractivity contribution in [2.45, 2.75) is 53.2 Å². The molecule has 46 heavy (non-hydrogen) atoms. The molecule has 0 unspecified atom stereocenters. The second-order valence-electron chi connectivity index (χ2n) is 12.5. The van der Waals surface area contributed by atoms with E-state index < -0.39 is 0 Å². The predicted octanol–water partition coefficient (Wildman–Crippen LogP) is 6.71. The number of hydrogen-bond acceptors (Lipinski definition) is 9. The van der Waals surface area contributed by atoms with Gasteiger partial charge in [0.1, 0.15) is 12.4 Å². The second-order valence-corrected chi connectivity index (χ2v) is 12.9. The number of anilines is 3. The van der Waals surface area contributed by atoms with E-state index in [9.17, 15) is 4.79 Å². The molecular weight excluding hydrogens is 602 g/mol. The van der Waals surface area contributed by atoms with Crippen LogP contribution in [-0.4, -0.2) is 47.1 Å². The van der Waals surface area contributed by atoms with Crippen LogP contribution in [0.25, 0.3) is 0 Å². The standard InChI is InChI=1S/C35H42ClN7O3/c1-23(2)26-9-6-24(7-10-26)20-46-34-42-32-38-19-25-8-15-30(29(36)18-25)45-17-5-16-37-21-35(3,4)22-39-31(44)27-11-13-28(14-12-27)40-33(41-32)43-34/h6-15,18,23,37H,5,16-17,19-22H2,1-4H3,(H,39,44)(H2,38,40,41,42,43). The largest absolute Gasteiger partial charge is 0.492 e. The minimum atomic E-state index is -0.132. The molecule has 0 saturated heterocycles. The summed E-state index contributed by atoms with van der Waals surface area (Å²) in [5.41, 5.74) is 4.35. The zero-order chi connectivity index (χ0) is 32.5. The highest BCUT2D eigenvalue weighted by Crippen LogP contribution is 2.26. The van der Waals surface area contributed by atoms with Crippen molar-refractivity contribution in [2.75, 3.05) is 36.9 Å². The van der Waals surface area contributed by atoms with Crippen LogP contribution in [0.1, 0.15) is 67.1 Å². The lowest BCUT2D eigenvalue weighted by Crippen LogP contribution is -2.40. The highest BCUT2D eigenvalue weighted by molar-refractivity contribution is 6.32. The van der Waals surface area contributed by atoms with E-state index in [2.05, 4.69) is 76.0 Å². The fourth-order valence-corrected chi connectivity index (χ4v) is 5.04. The fourth-order valence-electron chi connectivity index (χ4n) is 4.78. The molecule has 6 bridgehead atoms. The van der Waals surface area contributed by atoms with E-state index in [1.165, 1.54) is 5.56 Å². The number of nitrogens with one attached hydrogen (secondary N) is 4. The van der Waals surface area contributed by atoms with Crippen LogP contribution in [0.5, 0.6) is 11.8 Å². The highest BCUT2D eigenvalue weighted by atomic mass is 35.5. The van der Waals surface area contributed by atoms with E-state index in [1.807, 2.05) is 42.5 Å². The lowest BCUT2D eigenvalue weighted by Gasteiger charge is -2.25. The molecule has 0 spiro atoms. The first kappa shape index (κ1) is 33.0. The first-order valence-corrected chi connectivity index (χ1v) is 16.0. The van der Waals surface area contributed by atoms with Gasteiger partial charge in [-0.1, -0.05) is 69.6 Å². The van der Waals surface area contributed by atoms with Crippen LogP contribution in [0.3, 0.4) is 0 Å². The Kier molecular flexibility index (Phi) is 10.9. The quantitative estimate of drug-likeness (QED) is 0.192. The van der Waals surface area contributed by atoms with Crippen LogP contribution < -0.4 is 30.7 Å². The Morgan fingerprint density at radius 2 is 1.70 bits per heavy atom. The summed E-state index contributed by atoms with van der Waals surface area (Å²) in [6.07, 6.45) is 0.817. The molecule has 0 fully saturated rings. The number of halogens is 1. The van der Waals surface area contributed by atoms with Gasteiger partial charge in [0.25, 0.3) is 5.91 Å². The maximum atomic E-state index is 12.9. The Morgan fingerprint density at radius 3 is 2.43 bits per heavy atom. The molecule has 3 aromatic carbocycles. The molecule has 5 heterocycles. The molecule has 11 heteroatoms. The number of benzene rings is 3. The number of carbonyl (C=O) groups is 1. The molecule has 4 N–H and O–H groups in total. The SMILES string of the molecule is CC(C)c1ccc(COc2nc3nc(n2)Nc2ccc(cc2)C(=O)NCC(C)(C)CNCCCOc2ccc(cc2Cl)CN3)cc1. The second kappa shape index (κ2) is 15.2. The summed E-state index contributed by atoms with van der Waals surface area (Å²) in [4.78, 5) is 26.5. The summed E-state index contributed by atoms with van der Waals surface area (Å²) in [7, 11) is 0. The van der Waals surface area contributed by atoms with Gasteiger partial charge in [-0.15, -0.1) is 0 Å². The van der Waals surface area contributed by atoms with Gasteiger partial charge >= 0.3 is 6.01 Å². The van der Waals surface area contributed by atoms with E-state index in [1.54, 1.807) is 12.1 Å². The maximum absolute atomic E-state index is 12.9. The third-order valence-electron chi connectivity index (χ3n) is 7.57. The number of ether oxygens (including phenoxy) is 2. The molecule has 10 nitrogen and oxygen atoms in total. The van der Waals surface area contributed by atoms with Crippen molar-refractivity contribution in [3.8, 4) is 11.8 Å². The third-order valence-corrected chi connectivity index (χ3v) is 7.86. The zero-order valence-electron chi connectivity index (χ0n) is 26.8. The predicted molar refractivity (Wildman–Crippen MR) is 182 cm³/mol. The van der Waals surface area contributed by atoms with E-state index in [4.69, 9.17) is 21.1 Å². The van der Waals surface area contributed by atoms with Gasteiger partial charge < -0.3 is 30.7 Å². The number of hydrogen-bond donors (Lipinski definition) is 4. The van der Waals surface area contributed by atoms with Crippen LogP contribution in [0, 0.1) is 5.41 Å². The molecule has 4 aliphatic rings. The van der Waals surface area contributed by atoms with Gasteiger partial charge in [0.2, 0.25) is 11.9 Å². The zero-order valence-corrected chi connectivity index (χ0v) is 27.6. The molecular formula is C35H42ClN7O3. The summed E-state index contributed by atoms with van der Waals surface area (Å²) >= 11 is 6.56. The number of nitrogens with zero attached hydrogens (tertiary/aromatic N) is 3. The molecule has 1 amide bonds. The molecule has 4 aromatic rings. The van der Waals surface area contributed by atoms with E-state index in [-0.39, 0.29) is 17.3 Å². The van der Waals surface area contributed by atoms with Crippen LogP contribution in [0.15, 0.2) is 66.7 Å². The average molecular weight is 644 g/mol. The topological polar surface area (TPSA) is 122 Å². The molecule has 8 rings (SSSR count). The summed E-state index contributed by atoms with van der Waals surface area (Å²) in [6, 6.07) is 21.4. The van der Waals surface area contributed by atoms with E-state index in [0.29, 0.717) is 66.1 Å². The minimum Gasteiger partial charge on any atom is -0.492 e. The normalized spacial score (nSPS) is 15.7. The van der Waals surface area contributed by atoms with E-state index >= 15 is 0 Å². The highest BCUT2D eigenvalue weighted by Gasteiger charge is 2.19.